The molecule has 0 fully saturated rings. The van der Waals surface area contributed by atoms with Gasteiger partial charge in [0.1, 0.15) is 0 Å². The molecule has 0 saturated heterocycles. The number of nitrogens with zero attached hydrogens (tertiary/aromatic N) is 2. The lowest BCUT2D eigenvalue weighted by atomic mass is 10.2. The van der Waals surface area contributed by atoms with Crippen LogP contribution >= 0.6 is 0 Å². The van der Waals surface area contributed by atoms with E-state index >= 15 is 0 Å². The number of H-pyrrole nitrogens is 1. The van der Waals surface area contributed by atoms with Crippen molar-refractivity contribution in [3.05, 3.63) is 54.0 Å². The molecule has 21 heavy (non-hydrogen) atoms. The summed E-state index contributed by atoms with van der Waals surface area (Å²) < 4.78 is 0. The number of carboxylic acid groups (broad SMARTS) is 1. The summed E-state index contributed by atoms with van der Waals surface area (Å²) in [6.07, 6.45) is 1.35. The van der Waals surface area contributed by atoms with E-state index in [1.165, 1.54) is 12.3 Å². The Morgan fingerprint density at radius 2 is 1.90 bits per heavy atom. The Labute approximate surface area is 118 Å². The van der Waals surface area contributed by atoms with E-state index in [1.54, 1.807) is 24.3 Å². The highest BCUT2D eigenvalue weighted by Crippen LogP contribution is 2.18. The fourth-order valence-corrected chi connectivity index (χ4v) is 1.99. The molecule has 2 heterocycles. The number of hydrogen-bond donors (Lipinski definition) is 3. The minimum Gasteiger partial charge on any atom is -0.476 e. The van der Waals surface area contributed by atoms with Gasteiger partial charge in [-0.05, 0) is 18.2 Å². The first-order valence-electron chi connectivity index (χ1n) is 6.09. The Morgan fingerprint density at radius 3 is 2.71 bits per heavy atom. The van der Waals surface area contributed by atoms with E-state index in [1.807, 2.05) is 6.07 Å². The van der Waals surface area contributed by atoms with Crippen LogP contribution in [0.2, 0.25) is 0 Å². The van der Waals surface area contributed by atoms with Crippen LogP contribution in [0.15, 0.2) is 42.6 Å². The third kappa shape index (κ3) is 2.32. The molecule has 0 aliphatic heterocycles. The molecule has 0 aliphatic carbocycles. The SMILES string of the molecule is O=C(O)c1ncccc1NC(=O)c1n[nH]c2ccccc12. The lowest BCUT2D eigenvalue weighted by Gasteiger charge is -2.05. The molecule has 7 heteroatoms. The van der Waals surface area contributed by atoms with E-state index < -0.39 is 11.9 Å². The van der Waals surface area contributed by atoms with Crippen molar-refractivity contribution in [3.8, 4) is 0 Å². The Bertz CT molecular complexity index is 841. The molecule has 0 spiro atoms. The van der Waals surface area contributed by atoms with Gasteiger partial charge in [0.15, 0.2) is 11.4 Å². The predicted octanol–water partition coefficient (Wildman–Crippen LogP) is 1.91. The van der Waals surface area contributed by atoms with E-state index in [-0.39, 0.29) is 17.1 Å². The number of pyridine rings is 1. The summed E-state index contributed by atoms with van der Waals surface area (Å²) in [5.74, 6) is -1.71. The lowest BCUT2D eigenvalue weighted by molar-refractivity contribution is 0.0692. The van der Waals surface area contributed by atoms with Crippen molar-refractivity contribution in [2.24, 2.45) is 0 Å². The summed E-state index contributed by atoms with van der Waals surface area (Å²) in [6.45, 7) is 0. The summed E-state index contributed by atoms with van der Waals surface area (Å²) in [4.78, 5) is 27.0. The van der Waals surface area contributed by atoms with E-state index in [9.17, 15) is 9.59 Å². The molecule has 3 aromatic rings. The fourth-order valence-electron chi connectivity index (χ4n) is 1.99. The molecule has 0 aliphatic rings. The number of rotatable bonds is 3. The molecule has 3 rings (SSSR count). The maximum Gasteiger partial charge on any atom is 0.356 e. The minimum absolute atomic E-state index is 0.127. The van der Waals surface area contributed by atoms with Gasteiger partial charge in [-0.3, -0.25) is 9.89 Å². The van der Waals surface area contributed by atoms with Crippen LogP contribution < -0.4 is 5.32 Å². The number of nitrogens with one attached hydrogen (secondary N) is 2. The normalized spacial score (nSPS) is 10.5. The van der Waals surface area contributed by atoms with Crippen LogP contribution in [0.1, 0.15) is 21.0 Å². The highest BCUT2D eigenvalue weighted by molar-refractivity contribution is 6.12. The van der Waals surface area contributed by atoms with Crippen LogP contribution in [0.25, 0.3) is 10.9 Å². The van der Waals surface area contributed by atoms with Gasteiger partial charge >= 0.3 is 5.97 Å². The first-order valence-corrected chi connectivity index (χ1v) is 6.09. The van der Waals surface area contributed by atoms with Crippen molar-refractivity contribution in [1.82, 2.24) is 15.2 Å². The number of anilines is 1. The second-order valence-electron chi connectivity index (χ2n) is 4.28. The molecule has 0 saturated carbocycles. The molecule has 0 atom stereocenters. The Hall–Kier alpha value is -3.22. The first kappa shape index (κ1) is 12.8. The topological polar surface area (TPSA) is 108 Å². The zero-order valence-corrected chi connectivity index (χ0v) is 10.7. The molecule has 1 aromatic carbocycles. The van der Waals surface area contributed by atoms with Gasteiger partial charge in [0.05, 0.1) is 11.2 Å². The summed E-state index contributed by atoms with van der Waals surface area (Å²) in [5, 5.41) is 18.9. The average molecular weight is 282 g/mol. The Morgan fingerprint density at radius 1 is 1.10 bits per heavy atom. The minimum atomic E-state index is -1.21. The van der Waals surface area contributed by atoms with Gasteiger partial charge in [-0.2, -0.15) is 5.10 Å². The predicted molar refractivity (Wildman–Crippen MR) is 75.2 cm³/mol. The van der Waals surface area contributed by atoms with Crippen LogP contribution in [0, 0.1) is 0 Å². The number of fused-ring (bicyclic) bond motifs is 1. The highest BCUT2D eigenvalue weighted by Gasteiger charge is 2.17. The molecule has 1 amide bonds. The number of para-hydroxylation sites is 1. The van der Waals surface area contributed by atoms with E-state index in [2.05, 4.69) is 20.5 Å². The molecular formula is C14H10N4O3. The molecule has 0 radical (unpaired) electrons. The summed E-state index contributed by atoms with van der Waals surface area (Å²) in [5.41, 5.74) is 0.839. The van der Waals surface area contributed by atoms with Gasteiger partial charge in [-0.1, -0.05) is 18.2 Å². The van der Waals surface area contributed by atoms with Crippen LogP contribution in [0.5, 0.6) is 0 Å². The van der Waals surface area contributed by atoms with Crippen LogP contribution in [0.3, 0.4) is 0 Å². The smallest absolute Gasteiger partial charge is 0.356 e. The number of carboxylic acids is 1. The quantitative estimate of drug-likeness (QED) is 0.680. The number of aromatic amines is 1. The fraction of sp³-hybridized carbons (Fsp3) is 0. The number of amides is 1. The monoisotopic (exact) mass is 282 g/mol. The summed E-state index contributed by atoms with van der Waals surface area (Å²) >= 11 is 0. The van der Waals surface area contributed by atoms with Crippen molar-refractivity contribution in [1.29, 1.82) is 0 Å². The Balaban J connectivity index is 1.96. The van der Waals surface area contributed by atoms with Gasteiger partial charge in [0, 0.05) is 11.6 Å². The maximum atomic E-state index is 12.2. The summed E-state index contributed by atoms with van der Waals surface area (Å²) in [6, 6.07) is 10.2. The zero-order chi connectivity index (χ0) is 14.8. The largest absolute Gasteiger partial charge is 0.476 e. The number of aromatic nitrogens is 3. The molecule has 3 N–H and O–H groups in total. The van der Waals surface area contributed by atoms with Crippen molar-refractivity contribution in [2.45, 2.75) is 0 Å². The lowest BCUT2D eigenvalue weighted by Crippen LogP contribution is -2.16. The second-order valence-corrected chi connectivity index (χ2v) is 4.28. The number of aromatic carboxylic acids is 1. The van der Waals surface area contributed by atoms with Crippen molar-refractivity contribution in [2.75, 3.05) is 5.32 Å². The summed E-state index contributed by atoms with van der Waals surface area (Å²) in [7, 11) is 0. The average Bonchev–Trinajstić information content (AvgIpc) is 2.91. The number of hydrogen-bond acceptors (Lipinski definition) is 4. The Kier molecular flexibility index (Phi) is 3.07. The standard InChI is InChI=1S/C14H10N4O3/c19-13(11-8-4-1-2-5-9(8)17-18-11)16-10-6-3-7-15-12(10)14(20)21/h1-7H,(H,16,19)(H,17,18)(H,20,21). The molecular weight excluding hydrogens is 272 g/mol. The third-order valence-corrected chi connectivity index (χ3v) is 2.94. The van der Waals surface area contributed by atoms with Gasteiger partial charge in [-0.25, -0.2) is 9.78 Å². The molecule has 0 unspecified atom stereocenters. The van der Waals surface area contributed by atoms with E-state index in [4.69, 9.17) is 5.11 Å². The number of benzene rings is 1. The highest BCUT2D eigenvalue weighted by atomic mass is 16.4. The van der Waals surface area contributed by atoms with Gasteiger partial charge in [-0.15, -0.1) is 0 Å². The van der Waals surface area contributed by atoms with E-state index in [0.717, 1.165) is 5.52 Å². The molecule has 0 bridgehead atoms. The van der Waals surface area contributed by atoms with Crippen molar-refractivity contribution in [3.63, 3.8) is 0 Å². The van der Waals surface area contributed by atoms with Crippen molar-refractivity contribution >= 4 is 28.5 Å². The zero-order valence-electron chi connectivity index (χ0n) is 10.7. The molecule has 104 valence electrons. The maximum absolute atomic E-state index is 12.2. The first-order chi connectivity index (χ1) is 10.2. The van der Waals surface area contributed by atoms with Gasteiger partial charge in [0.25, 0.3) is 5.91 Å². The third-order valence-electron chi connectivity index (χ3n) is 2.94. The van der Waals surface area contributed by atoms with Crippen molar-refractivity contribution < 1.29 is 14.7 Å². The van der Waals surface area contributed by atoms with Crippen LogP contribution in [-0.2, 0) is 0 Å². The molecule has 7 nitrogen and oxygen atoms in total. The number of carbonyl (C=O) groups is 2. The van der Waals surface area contributed by atoms with Crippen LogP contribution in [-0.4, -0.2) is 32.2 Å². The second kappa shape index (κ2) is 5.04. The van der Waals surface area contributed by atoms with Crippen LogP contribution in [0.4, 0.5) is 5.69 Å². The van der Waals surface area contributed by atoms with Gasteiger partial charge < -0.3 is 10.4 Å². The van der Waals surface area contributed by atoms with Gasteiger partial charge in [0.2, 0.25) is 0 Å². The van der Waals surface area contributed by atoms with E-state index in [0.29, 0.717) is 5.39 Å². The number of carbonyl (C=O) groups excluding carboxylic acids is 1. The molecule has 2 aromatic heterocycles.